The SMILES string of the molecule is Fc1[c]c(CBr)ccc1. The van der Waals surface area contributed by atoms with Crippen LogP contribution in [-0.4, -0.2) is 0 Å². The van der Waals surface area contributed by atoms with Crippen molar-refractivity contribution in [2.24, 2.45) is 0 Å². The van der Waals surface area contributed by atoms with E-state index in [9.17, 15) is 4.39 Å². The highest BCUT2D eigenvalue weighted by molar-refractivity contribution is 9.08. The Morgan fingerprint density at radius 2 is 2.33 bits per heavy atom. The fourth-order valence-electron chi connectivity index (χ4n) is 0.563. The standard InChI is InChI=1S/C7H5BrF/c8-5-6-2-1-3-7(9)4-6/h1-3H,5H2. The van der Waals surface area contributed by atoms with Crippen molar-refractivity contribution in [1.29, 1.82) is 0 Å². The van der Waals surface area contributed by atoms with Crippen molar-refractivity contribution in [3.63, 3.8) is 0 Å². The molecule has 0 N–H and O–H groups in total. The maximum Gasteiger partial charge on any atom is 0.131 e. The van der Waals surface area contributed by atoms with Crippen LogP contribution in [0.15, 0.2) is 18.2 Å². The lowest BCUT2D eigenvalue weighted by atomic mass is 10.2. The van der Waals surface area contributed by atoms with Gasteiger partial charge in [-0.1, -0.05) is 28.1 Å². The van der Waals surface area contributed by atoms with Crippen LogP contribution in [0.2, 0.25) is 0 Å². The maximum atomic E-state index is 12.3. The van der Waals surface area contributed by atoms with Crippen molar-refractivity contribution in [3.8, 4) is 0 Å². The van der Waals surface area contributed by atoms with E-state index in [0.717, 1.165) is 5.56 Å². The first-order valence-electron chi connectivity index (χ1n) is 2.55. The van der Waals surface area contributed by atoms with E-state index in [1.54, 1.807) is 6.07 Å². The van der Waals surface area contributed by atoms with Crippen molar-refractivity contribution < 1.29 is 4.39 Å². The fourth-order valence-corrected chi connectivity index (χ4v) is 0.891. The lowest BCUT2D eigenvalue weighted by molar-refractivity contribution is 0.624. The first-order chi connectivity index (χ1) is 4.33. The molecule has 0 aliphatic heterocycles. The molecule has 1 aromatic rings. The van der Waals surface area contributed by atoms with Gasteiger partial charge in [-0.2, -0.15) is 0 Å². The molecule has 0 fully saturated rings. The Labute approximate surface area is 61.8 Å². The van der Waals surface area contributed by atoms with Gasteiger partial charge in [0.15, 0.2) is 0 Å². The molecule has 0 unspecified atom stereocenters. The Hall–Kier alpha value is -0.370. The number of halogens is 2. The zero-order valence-corrected chi connectivity index (χ0v) is 6.28. The maximum absolute atomic E-state index is 12.3. The summed E-state index contributed by atoms with van der Waals surface area (Å²) in [6, 6.07) is 7.41. The fraction of sp³-hybridized carbons (Fsp3) is 0.143. The molecule has 0 bridgehead atoms. The van der Waals surface area contributed by atoms with E-state index in [4.69, 9.17) is 0 Å². The lowest BCUT2D eigenvalue weighted by Crippen LogP contribution is -1.78. The number of hydrogen-bond donors (Lipinski definition) is 0. The average molecular weight is 188 g/mol. The van der Waals surface area contributed by atoms with Gasteiger partial charge in [-0.15, -0.1) is 0 Å². The summed E-state index contributed by atoms with van der Waals surface area (Å²) < 4.78 is 12.3. The molecule has 0 aliphatic carbocycles. The van der Waals surface area contributed by atoms with Gasteiger partial charge in [0.05, 0.1) is 0 Å². The minimum absolute atomic E-state index is 0.299. The van der Waals surface area contributed by atoms with Crippen LogP contribution in [-0.2, 0) is 5.33 Å². The molecule has 0 nitrogen and oxygen atoms in total. The third kappa shape index (κ3) is 1.79. The van der Waals surface area contributed by atoms with E-state index in [0.29, 0.717) is 5.33 Å². The summed E-state index contributed by atoms with van der Waals surface area (Å²) in [6.07, 6.45) is 0. The van der Waals surface area contributed by atoms with Crippen molar-refractivity contribution in [3.05, 3.63) is 35.6 Å². The summed E-state index contributed by atoms with van der Waals surface area (Å²) in [5, 5.41) is 0.658. The predicted molar refractivity (Wildman–Crippen MR) is 37.9 cm³/mol. The Bertz CT molecular complexity index is 198. The molecule has 0 amide bonds. The molecular weight excluding hydrogens is 183 g/mol. The molecule has 0 saturated heterocycles. The number of alkyl halides is 1. The molecule has 1 rings (SSSR count). The molecule has 0 atom stereocenters. The summed E-state index contributed by atoms with van der Waals surface area (Å²) in [7, 11) is 0. The van der Waals surface area contributed by atoms with Crippen LogP contribution < -0.4 is 0 Å². The molecule has 9 heavy (non-hydrogen) atoms. The molecule has 0 aliphatic rings. The van der Waals surface area contributed by atoms with Crippen LogP contribution in [0.25, 0.3) is 0 Å². The zero-order valence-electron chi connectivity index (χ0n) is 4.70. The lowest BCUT2D eigenvalue weighted by Gasteiger charge is -1.90. The predicted octanol–water partition coefficient (Wildman–Crippen LogP) is 2.52. The van der Waals surface area contributed by atoms with Gasteiger partial charge in [0, 0.05) is 11.4 Å². The normalized spacial score (nSPS) is 9.56. The molecule has 2 heteroatoms. The third-order valence-corrected chi connectivity index (χ3v) is 1.57. The Balaban J connectivity index is 2.94. The quantitative estimate of drug-likeness (QED) is 0.594. The summed E-state index contributed by atoms with van der Waals surface area (Å²) in [5.41, 5.74) is 0.843. The highest BCUT2D eigenvalue weighted by Crippen LogP contribution is 2.05. The largest absolute Gasteiger partial charge is 0.206 e. The third-order valence-electron chi connectivity index (χ3n) is 0.964. The van der Waals surface area contributed by atoms with Crippen LogP contribution in [0.3, 0.4) is 0 Å². The highest BCUT2D eigenvalue weighted by Gasteiger charge is 1.90. The van der Waals surface area contributed by atoms with Crippen molar-refractivity contribution in [1.82, 2.24) is 0 Å². The second-order valence-electron chi connectivity index (χ2n) is 1.66. The van der Waals surface area contributed by atoms with Crippen molar-refractivity contribution in [2.75, 3.05) is 0 Å². The first-order valence-corrected chi connectivity index (χ1v) is 3.68. The molecule has 1 aromatic carbocycles. The Kier molecular flexibility index (Phi) is 2.22. The molecule has 0 spiro atoms. The van der Waals surface area contributed by atoms with Crippen molar-refractivity contribution in [2.45, 2.75) is 5.33 Å². The Morgan fingerprint density at radius 3 is 2.78 bits per heavy atom. The minimum atomic E-state index is -0.299. The van der Waals surface area contributed by atoms with E-state index in [1.807, 2.05) is 6.07 Å². The van der Waals surface area contributed by atoms with Gasteiger partial charge in [-0.3, -0.25) is 0 Å². The van der Waals surface area contributed by atoms with Crippen LogP contribution in [0.5, 0.6) is 0 Å². The van der Waals surface area contributed by atoms with Crippen LogP contribution in [0.4, 0.5) is 4.39 Å². The summed E-state index contributed by atoms with van der Waals surface area (Å²) in [5.74, 6) is -0.299. The summed E-state index contributed by atoms with van der Waals surface area (Å²) in [4.78, 5) is 0. The van der Waals surface area contributed by atoms with E-state index >= 15 is 0 Å². The molecule has 1 radical (unpaired) electrons. The van der Waals surface area contributed by atoms with E-state index < -0.39 is 0 Å². The van der Waals surface area contributed by atoms with E-state index in [2.05, 4.69) is 22.0 Å². The molecular formula is C7H5BrF. The van der Waals surface area contributed by atoms with Crippen molar-refractivity contribution >= 4 is 15.9 Å². The topological polar surface area (TPSA) is 0 Å². The Morgan fingerprint density at radius 1 is 1.56 bits per heavy atom. The van der Waals surface area contributed by atoms with Gasteiger partial charge >= 0.3 is 0 Å². The number of hydrogen-bond acceptors (Lipinski definition) is 0. The molecule has 0 aromatic heterocycles. The minimum Gasteiger partial charge on any atom is -0.206 e. The zero-order chi connectivity index (χ0) is 6.69. The van der Waals surface area contributed by atoms with Gasteiger partial charge in [-0.05, 0) is 11.6 Å². The van der Waals surface area contributed by atoms with E-state index in [-0.39, 0.29) is 5.82 Å². The first kappa shape index (κ1) is 6.75. The molecule has 0 heterocycles. The summed E-state index contributed by atoms with van der Waals surface area (Å²) >= 11 is 3.19. The van der Waals surface area contributed by atoms with Gasteiger partial charge < -0.3 is 0 Å². The van der Waals surface area contributed by atoms with E-state index in [1.165, 1.54) is 6.07 Å². The smallest absolute Gasteiger partial charge is 0.131 e. The van der Waals surface area contributed by atoms with Gasteiger partial charge in [-0.25, -0.2) is 4.39 Å². The number of benzene rings is 1. The van der Waals surface area contributed by atoms with Gasteiger partial charge in [0.25, 0.3) is 0 Å². The monoisotopic (exact) mass is 187 g/mol. The highest BCUT2D eigenvalue weighted by atomic mass is 79.9. The molecule has 0 saturated carbocycles. The number of rotatable bonds is 1. The van der Waals surface area contributed by atoms with Crippen LogP contribution in [0, 0.1) is 11.9 Å². The van der Waals surface area contributed by atoms with Gasteiger partial charge in [0.2, 0.25) is 0 Å². The second-order valence-corrected chi connectivity index (χ2v) is 2.22. The average Bonchev–Trinajstić information content (AvgIpc) is 1.88. The second kappa shape index (κ2) is 2.97. The van der Waals surface area contributed by atoms with Crippen LogP contribution >= 0.6 is 15.9 Å². The van der Waals surface area contributed by atoms with Gasteiger partial charge in [0.1, 0.15) is 5.82 Å². The summed E-state index contributed by atoms with van der Waals surface area (Å²) in [6.45, 7) is 0. The van der Waals surface area contributed by atoms with Crippen LogP contribution in [0.1, 0.15) is 5.56 Å². The molecule has 47 valence electrons.